The summed E-state index contributed by atoms with van der Waals surface area (Å²) in [5.74, 6) is -2.28. The molecule has 0 bridgehead atoms. The molecule has 3 aromatic rings. The Morgan fingerprint density at radius 2 is 1.84 bits per heavy atom. The highest BCUT2D eigenvalue weighted by molar-refractivity contribution is 6.25. The van der Waals surface area contributed by atoms with Crippen molar-refractivity contribution in [1.29, 1.82) is 5.26 Å². The lowest BCUT2D eigenvalue weighted by Crippen LogP contribution is -2.54. The number of hydrogen-bond acceptors (Lipinski definition) is 10. The first-order valence-corrected chi connectivity index (χ1v) is 16.8. The molecule has 1 aromatic heterocycles. The van der Waals surface area contributed by atoms with Crippen LogP contribution in [0.2, 0.25) is 0 Å². The van der Waals surface area contributed by atoms with Crippen molar-refractivity contribution in [3.05, 3.63) is 88.4 Å². The van der Waals surface area contributed by atoms with E-state index in [4.69, 9.17) is 10.00 Å². The Bertz CT molecular complexity index is 1930. The summed E-state index contributed by atoms with van der Waals surface area (Å²) < 4.78 is 21.4. The smallest absolute Gasteiger partial charge is 0.408 e. The second kappa shape index (κ2) is 14.2. The number of nitriles is 1. The molecule has 0 spiro atoms. The van der Waals surface area contributed by atoms with Gasteiger partial charge in [0.05, 0.1) is 22.7 Å². The molecule has 13 nitrogen and oxygen atoms in total. The van der Waals surface area contributed by atoms with Gasteiger partial charge in [0.25, 0.3) is 11.8 Å². The summed E-state index contributed by atoms with van der Waals surface area (Å²) in [6.07, 6.45) is 2.31. The van der Waals surface area contributed by atoms with Crippen molar-refractivity contribution in [2.45, 2.75) is 70.7 Å². The largest absolute Gasteiger partial charge is 0.444 e. The maximum Gasteiger partial charge on any atom is 0.408 e. The summed E-state index contributed by atoms with van der Waals surface area (Å²) >= 11 is 0. The van der Waals surface area contributed by atoms with E-state index in [1.54, 1.807) is 51.1 Å². The van der Waals surface area contributed by atoms with Crippen LogP contribution in [0.15, 0.2) is 54.7 Å². The van der Waals surface area contributed by atoms with Crippen molar-refractivity contribution in [3.63, 3.8) is 0 Å². The van der Waals surface area contributed by atoms with Crippen LogP contribution in [0.1, 0.15) is 89.9 Å². The van der Waals surface area contributed by atoms with Gasteiger partial charge in [0.1, 0.15) is 29.3 Å². The third-order valence-electron chi connectivity index (χ3n) is 9.26. The molecular weight excluding hydrogens is 657 g/mol. The Morgan fingerprint density at radius 3 is 2.49 bits per heavy atom. The number of amides is 5. The number of nitrogens with zero attached hydrogens (tertiary/aromatic N) is 4. The maximum atomic E-state index is 15.8. The third-order valence-corrected chi connectivity index (χ3v) is 9.26. The van der Waals surface area contributed by atoms with E-state index in [-0.39, 0.29) is 42.0 Å². The Labute approximate surface area is 294 Å². The molecule has 264 valence electrons. The summed E-state index contributed by atoms with van der Waals surface area (Å²) in [5, 5.41) is 17.3. The number of carbonyl (C=O) groups excluding carboxylic acids is 5. The molecule has 1 unspecified atom stereocenters. The predicted molar refractivity (Wildman–Crippen MR) is 183 cm³/mol. The first kappa shape index (κ1) is 35.0. The Kier molecular flexibility index (Phi) is 9.73. The number of hydrogen-bond donors (Lipinski definition) is 3. The summed E-state index contributed by atoms with van der Waals surface area (Å²) in [6.45, 7) is 6.56. The molecule has 2 atom stereocenters. The molecule has 0 aliphatic carbocycles. The van der Waals surface area contributed by atoms with Crippen LogP contribution in [-0.4, -0.2) is 64.3 Å². The normalized spacial score (nSPS) is 18.5. The second-order valence-electron chi connectivity index (χ2n) is 13.8. The summed E-state index contributed by atoms with van der Waals surface area (Å²) in [4.78, 5) is 71.2. The first-order valence-electron chi connectivity index (χ1n) is 16.8. The lowest BCUT2D eigenvalue weighted by molar-refractivity contribution is -0.136. The van der Waals surface area contributed by atoms with Crippen LogP contribution in [0.5, 0.6) is 0 Å². The van der Waals surface area contributed by atoms with Gasteiger partial charge in [-0.1, -0.05) is 18.2 Å². The molecule has 0 saturated carbocycles. The molecule has 2 saturated heterocycles. The van der Waals surface area contributed by atoms with Crippen LogP contribution in [-0.2, 0) is 20.9 Å². The van der Waals surface area contributed by atoms with Gasteiger partial charge in [0.2, 0.25) is 11.8 Å². The Morgan fingerprint density at radius 1 is 1.08 bits per heavy atom. The zero-order valence-corrected chi connectivity index (χ0v) is 28.5. The van der Waals surface area contributed by atoms with E-state index in [0.29, 0.717) is 42.7 Å². The van der Waals surface area contributed by atoms with Crippen LogP contribution in [0.25, 0.3) is 0 Å². The quantitative estimate of drug-likeness (QED) is 0.283. The summed E-state index contributed by atoms with van der Waals surface area (Å²) in [7, 11) is 0. The zero-order chi connectivity index (χ0) is 36.4. The number of imide groups is 2. The molecule has 5 amide bonds. The number of anilines is 2. The van der Waals surface area contributed by atoms with E-state index in [9.17, 15) is 24.0 Å². The van der Waals surface area contributed by atoms with Crippen molar-refractivity contribution in [2.75, 3.05) is 23.3 Å². The van der Waals surface area contributed by atoms with Crippen LogP contribution in [0, 0.1) is 23.1 Å². The minimum atomic E-state index is -1.10. The fraction of sp³-hybridized carbons (Fsp3) is 0.378. The molecule has 2 fully saturated rings. The van der Waals surface area contributed by atoms with Gasteiger partial charge in [-0.05, 0) is 81.8 Å². The van der Waals surface area contributed by atoms with Crippen LogP contribution in [0.3, 0.4) is 0 Å². The number of pyridine rings is 1. The van der Waals surface area contributed by atoms with Crippen molar-refractivity contribution < 1.29 is 33.1 Å². The minimum absolute atomic E-state index is 0.00755. The highest BCUT2D eigenvalue weighted by atomic mass is 19.1. The lowest BCUT2D eigenvalue weighted by atomic mass is 9.85. The maximum absolute atomic E-state index is 15.8. The number of fused-ring (bicyclic) bond motifs is 1. The van der Waals surface area contributed by atoms with Gasteiger partial charge in [-0.25, -0.2) is 14.2 Å². The van der Waals surface area contributed by atoms with Gasteiger partial charge < -0.3 is 20.3 Å². The molecule has 2 aromatic carbocycles. The molecular formula is C37H38FN7O6. The fourth-order valence-corrected chi connectivity index (χ4v) is 6.76. The number of benzene rings is 2. The fourth-order valence-electron chi connectivity index (χ4n) is 6.76. The molecule has 14 heteroatoms. The first-order chi connectivity index (χ1) is 24.3. The highest BCUT2D eigenvalue weighted by Gasteiger charge is 2.45. The topological polar surface area (TPSA) is 174 Å². The number of piperidine rings is 2. The van der Waals surface area contributed by atoms with Crippen molar-refractivity contribution in [2.24, 2.45) is 5.92 Å². The van der Waals surface area contributed by atoms with E-state index < -0.39 is 53.2 Å². The molecule has 6 rings (SSSR count). The number of nitrogens with one attached hydrogen (secondary N) is 3. The summed E-state index contributed by atoms with van der Waals surface area (Å²) in [5.41, 5.74) is 1.09. The lowest BCUT2D eigenvalue weighted by Gasteiger charge is -2.37. The zero-order valence-electron chi connectivity index (χ0n) is 28.5. The molecule has 0 radical (unpaired) electrons. The average Bonchev–Trinajstić information content (AvgIpc) is 3.35. The predicted octanol–water partition coefficient (Wildman–Crippen LogP) is 4.59. The van der Waals surface area contributed by atoms with Crippen molar-refractivity contribution in [1.82, 2.24) is 20.5 Å². The van der Waals surface area contributed by atoms with Crippen LogP contribution in [0.4, 0.5) is 20.7 Å². The van der Waals surface area contributed by atoms with Gasteiger partial charge in [0.15, 0.2) is 0 Å². The number of alkyl carbamates (subject to hydrolysis) is 1. The van der Waals surface area contributed by atoms with Gasteiger partial charge in [-0.2, -0.15) is 5.26 Å². The number of rotatable bonds is 8. The second-order valence-corrected chi connectivity index (χ2v) is 13.8. The van der Waals surface area contributed by atoms with E-state index in [0.717, 1.165) is 10.7 Å². The molecule has 51 heavy (non-hydrogen) atoms. The SMILES string of the molecule is CC(C)(C)OC(=O)NC(c1ccc(CNc2cccc3c2C(=O)N([C@H]2CCC(=O)NC2=O)C3=O)c(F)c1)C1CCN(c2ccc(C#N)cn2)CC1. The van der Waals surface area contributed by atoms with Gasteiger partial charge >= 0.3 is 6.09 Å². The van der Waals surface area contributed by atoms with Crippen LogP contribution < -0.4 is 20.9 Å². The average molecular weight is 696 g/mol. The molecule has 3 aliphatic heterocycles. The number of aromatic nitrogens is 1. The minimum Gasteiger partial charge on any atom is -0.444 e. The molecule has 3 N–H and O–H groups in total. The van der Waals surface area contributed by atoms with E-state index in [2.05, 4.69) is 31.9 Å². The third kappa shape index (κ3) is 7.52. The number of ether oxygens (including phenoxy) is 1. The van der Waals surface area contributed by atoms with Crippen molar-refractivity contribution >= 4 is 41.2 Å². The number of carbonyl (C=O) groups is 5. The molecule has 4 heterocycles. The monoisotopic (exact) mass is 695 g/mol. The number of halogens is 1. The Balaban J connectivity index is 1.17. The van der Waals surface area contributed by atoms with Crippen molar-refractivity contribution in [3.8, 4) is 6.07 Å². The van der Waals surface area contributed by atoms with Crippen LogP contribution >= 0.6 is 0 Å². The van der Waals surface area contributed by atoms with Gasteiger partial charge in [0, 0.05) is 43.5 Å². The summed E-state index contributed by atoms with van der Waals surface area (Å²) in [6, 6.07) is 13.4. The van der Waals surface area contributed by atoms with Gasteiger partial charge in [-0.15, -0.1) is 0 Å². The molecule has 3 aliphatic rings. The highest BCUT2D eigenvalue weighted by Crippen LogP contribution is 2.35. The van der Waals surface area contributed by atoms with Gasteiger partial charge in [-0.3, -0.25) is 29.4 Å². The standard InChI is InChI=1S/C37H38FN7O6/c1-37(2,3)51-36(50)43-32(22-13-15-44(16-14-22)29-11-7-21(18-39)19-41-29)23-8-9-24(26(38)17-23)20-40-27-6-4-5-25-31(27)35(49)45(34(25)48)28-10-12-30(46)42-33(28)47/h4-9,11,17,19,22,28,32,40H,10,12-16,20H2,1-3H3,(H,43,50)(H,42,46,47)/t28-,32?/m0/s1. The van der Waals surface area contributed by atoms with E-state index >= 15 is 4.39 Å². The Hall–Kier alpha value is -5.84. The van der Waals surface area contributed by atoms with E-state index in [1.165, 1.54) is 18.3 Å². The van der Waals surface area contributed by atoms with E-state index in [1.807, 2.05) is 6.07 Å².